The molecule has 1 aliphatic rings. The van der Waals surface area contributed by atoms with E-state index in [1.165, 1.54) is 18.4 Å². The van der Waals surface area contributed by atoms with Gasteiger partial charge in [-0.3, -0.25) is 4.79 Å². The Bertz CT molecular complexity index is 438. The topological polar surface area (TPSA) is 46.3 Å². The van der Waals surface area contributed by atoms with Crippen LogP contribution >= 0.6 is 0 Å². The van der Waals surface area contributed by atoms with E-state index in [1.54, 1.807) is 0 Å². The predicted octanol–water partition coefficient (Wildman–Crippen LogP) is 2.66. The zero-order valence-corrected chi connectivity index (χ0v) is 12.5. The third-order valence-electron chi connectivity index (χ3n) is 4.13. The van der Waals surface area contributed by atoms with E-state index in [1.807, 2.05) is 12.1 Å². The fourth-order valence-electron chi connectivity index (χ4n) is 3.09. The predicted molar refractivity (Wildman–Crippen MR) is 82.5 cm³/mol. The van der Waals surface area contributed by atoms with E-state index in [-0.39, 0.29) is 5.91 Å². The Kier molecular flexibility index (Phi) is 5.60. The van der Waals surface area contributed by atoms with Crippen LogP contribution in [0.4, 0.5) is 0 Å². The van der Waals surface area contributed by atoms with Gasteiger partial charge in [-0.25, -0.2) is 0 Å². The molecule has 3 nitrogen and oxygen atoms in total. The van der Waals surface area contributed by atoms with Crippen molar-refractivity contribution in [3.63, 3.8) is 0 Å². The molecule has 0 radical (unpaired) electrons. The van der Waals surface area contributed by atoms with Crippen molar-refractivity contribution >= 4 is 5.91 Å². The highest BCUT2D eigenvalue weighted by Crippen LogP contribution is 2.24. The van der Waals surface area contributed by atoms with Gasteiger partial charge in [0.2, 0.25) is 5.91 Å². The average molecular weight is 274 g/mol. The second-order valence-electron chi connectivity index (χ2n) is 5.83. The minimum atomic E-state index is 0.260. The summed E-state index contributed by atoms with van der Waals surface area (Å²) in [6.07, 6.45) is 6.23. The lowest BCUT2D eigenvalue weighted by Gasteiger charge is -2.29. The summed E-state index contributed by atoms with van der Waals surface area (Å²) in [5.74, 6) is 0.260. The van der Waals surface area contributed by atoms with Crippen LogP contribution in [0.15, 0.2) is 24.3 Å². The Morgan fingerprint density at radius 2 is 2.10 bits per heavy atom. The van der Waals surface area contributed by atoms with Crippen LogP contribution in [0.2, 0.25) is 0 Å². The molecule has 2 rings (SSSR count). The first-order chi connectivity index (χ1) is 9.70. The highest BCUT2D eigenvalue weighted by molar-refractivity contribution is 5.79. The van der Waals surface area contributed by atoms with Crippen LogP contribution in [0.25, 0.3) is 0 Å². The molecule has 110 valence electrons. The summed E-state index contributed by atoms with van der Waals surface area (Å²) in [4.78, 5) is 14.7. The van der Waals surface area contributed by atoms with Crippen LogP contribution < -0.4 is 5.73 Å². The van der Waals surface area contributed by atoms with Crippen LogP contribution in [-0.4, -0.2) is 29.9 Å². The van der Waals surface area contributed by atoms with Crippen LogP contribution in [0.5, 0.6) is 0 Å². The maximum absolute atomic E-state index is 12.6. The Morgan fingerprint density at radius 1 is 1.35 bits per heavy atom. The fraction of sp³-hybridized carbons (Fsp3) is 0.588. The molecule has 1 aliphatic carbocycles. The molecular formula is C17H26N2O. The maximum Gasteiger partial charge on any atom is 0.227 e. The standard InChI is InChI=1S/C17H26N2O/c1-14-6-4-7-15(12-14)13-17(20)19(11-5-10-18)16-8-2-3-9-16/h4,6-7,12,16H,2-3,5,8-11,13,18H2,1H3. The van der Waals surface area contributed by atoms with Crippen molar-refractivity contribution in [1.29, 1.82) is 0 Å². The molecule has 0 aromatic heterocycles. The molecule has 3 heteroatoms. The normalized spacial score (nSPS) is 15.5. The number of nitrogens with two attached hydrogens (primary N) is 1. The number of benzene rings is 1. The monoisotopic (exact) mass is 274 g/mol. The molecule has 0 bridgehead atoms. The molecule has 0 unspecified atom stereocenters. The lowest BCUT2D eigenvalue weighted by molar-refractivity contribution is -0.132. The van der Waals surface area contributed by atoms with Crippen molar-refractivity contribution in [2.24, 2.45) is 5.73 Å². The van der Waals surface area contributed by atoms with E-state index >= 15 is 0 Å². The molecule has 0 spiro atoms. The van der Waals surface area contributed by atoms with Crippen LogP contribution in [0.1, 0.15) is 43.2 Å². The minimum absolute atomic E-state index is 0.260. The summed E-state index contributed by atoms with van der Waals surface area (Å²) in [5, 5.41) is 0. The van der Waals surface area contributed by atoms with E-state index in [0.29, 0.717) is 19.0 Å². The van der Waals surface area contributed by atoms with Gasteiger partial charge in [-0.2, -0.15) is 0 Å². The number of carbonyl (C=O) groups excluding carboxylic acids is 1. The summed E-state index contributed by atoms with van der Waals surface area (Å²) in [6.45, 7) is 3.53. The third kappa shape index (κ3) is 4.07. The van der Waals surface area contributed by atoms with Crippen molar-refractivity contribution in [3.8, 4) is 0 Å². The van der Waals surface area contributed by atoms with E-state index in [0.717, 1.165) is 31.4 Å². The van der Waals surface area contributed by atoms with Gasteiger partial charge in [0, 0.05) is 12.6 Å². The molecule has 0 heterocycles. The largest absolute Gasteiger partial charge is 0.339 e. The summed E-state index contributed by atoms with van der Waals surface area (Å²) < 4.78 is 0. The molecule has 1 amide bonds. The Balaban J connectivity index is 2.01. The van der Waals surface area contributed by atoms with E-state index < -0.39 is 0 Å². The van der Waals surface area contributed by atoms with Gasteiger partial charge in [0.1, 0.15) is 0 Å². The first-order valence-electron chi connectivity index (χ1n) is 7.76. The maximum atomic E-state index is 12.6. The van der Waals surface area contributed by atoms with Gasteiger partial charge in [0.25, 0.3) is 0 Å². The zero-order valence-electron chi connectivity index (χ0n) is 12.5. The van der Waals surface area contributed by atoms with Crippen molar-refractivity contribution in [1.82, 2.24) is 4.90 Å². The quantitative estimate of drug-likeness (QED) is 0.867. The second kappa shape index (κ2) is 7.44. The molecule has 0 atom stereocenters. The van der Waals surface area contributed by atoms with E-state index in [4.69, 9.17) is 5.73 Å². The number of amides is 1. The van der Waals surface area contributed by atoms with Gasteiger partial charge >= 0.3 is 0 Å². The first-order valence-corrected chi connectivity index (χ1v) is 7.76. The van der Waals surface area contributed by atoms with Crippen molar-refractivity contribution in [3.05, 3.63) is 35.4 Å². The Hall–Kier alpha value is -1.35. The first kappa shape index (κ1) is 15.0. The lowest BCUT2D eigenvalue weighted by atomic mass is 10.1. The molecule has 1 fully saturated rings. The SMILES string of the molecule is Cc1cccc(CC(=O)N(CCCN)C2CCCC2)c1. The molecule has 0 saturated heterocycles. The highest BCUT2D eigenvalue weighted by atomic mass is 16.2. The van der Waals surface area contributed by atoms with Crippen LogP contribution in [-0.2, 0) is 11.2 Å². The van der Waals surface area contributed by atoms with Gasteiger partial charge in [0.15, 0.2) is 0 Å². The number of carbonyl (C=O) groups is 1. The number of rotatable bonds is 6. The fourth-order valence-corrected chi connectivity index (χ4v) is 3.09. The second-order valence-corrected chi connectivity index (χ2v) is 5.83. The molecule has 1 saturated carbocycles. The average Bonchev–Trinajstić information content (AvgIpc) is 2.93. The minimum Gasteiger partial charge on any atom is -0.339 e. The molecule has 1 aromatic carbocycles. The molecular weight excluding hydrogens is 248 g/mol. The van der Waals surface area contributed by atoms with Gasteiger partial charge < -0.3 is 10.6 Å². The van der Waals surface area contributed by atoms with Crippen LogP contribution in [0.3, 0.4) is 0 Å². The van der Waals surface area contributed by atoms with Gasteiger partial charge in [-0.05, 0) is 38.3 Å². The molecule has 1 aromatic rings. The van der Waals surface area contributed by atoms with Crippen molar-refractivity contribution in [2.45, 2.75) is 51.5 Å². The Labute approximate surface area is 122 Å². The molecule has 20 heavy (non-hydrogen) atoms. The number of hydrogen-bond donors (Lipinski definition) is 1. The van der Waals surface area contributed by atoms with Crippen LogP contribution in [0, 0.1) is 6.92 Å². The van der Waals surface area contributed by atoms with E-state index in [9.17, 15) is 4.79 Å². The summed E-state index contributed by atoms with van der Waals surface area (Å²) in [6, 6.07) is 8.68. The Morgan fingerprint density at radius 3 is 2.75 bits per heavy atom. The highest BCUT2D eigenvalue weighted by Gasteiger charge is 2.25. The lowest BCUT2D eigenvalue weighted by Crippen LogP contribution is -2.41. The van der Waals surface area contributed by atoms with Crippen molar-refractivity contribution < 1.29 is 4.79 Å². The molecule has 0 aliphatic heterocycles. The third-order valence-corrected chi connectivity index (χ3v) is 4.13. The van der Waals surface area contributed by atoms with Gasteiger partial charge in [-0.1, -0.05) is 42.7 Å². The smallest absolute Gasteiger partial charge is 0.227 e. The number of nitrogens with zero attached hydrogens (tertiary/aromatic N) is 1. The van der Waals surface area contributed by atoms with Gasteiger partial charge in [0.05, 0.1) is 6.42 Å². The van der Waals surface area contributed by atoms with E-state index in [2.05, 4.69) is 24.0 Å². The summed E-state index contributed by atoms with van der Waals surface area (Å²) in [5.41, 5.74) is 7.94. The number of hydrogen-bond acceptors (Lipinski definition) is 2. The summed E-state index contributed by atoms with van der Waals surface area (Å²) >= 11 is 0. The summed E-state index contributed by atoms with van der Waals surface area (Å²) in [7, 11) is 0. The zero-order chi connectivity index (χ0) is 14.4. The molecule has 2 N–H and O–H groups in total. The van der Waals surface area contributed by atoms with Gasteiger partial charge in [-0.15, -0.1) is 0 Å². The van der Waals surface area contributed by atoms with Crippen molar-refractivity contribution in [2.75, 3.05) is 13.1 Å². The number of aryl methyl sites for hydroxylation is 1.